The molecule has 3 N–H and O–H groups in total. The number of aliphatic hydroxyl groups is 2. The van der Waals surface area contributed by atoms with Gasteiger partial charge in [0.1, 0.15) is 5.75 Å². The SMILES string of the molecule is Cc1cc(Cl)cc(CC(O)CO)c1O. The first-order valence-corrected chi connectivity index (χ1v) is 4.69. The van der Waals surface area contributed by atoms with Gasteiger partial charge in [-0.2, -0.15) is 0 Å². The Morgan fingerprint density at radius 2 is 2.07 bits per heavy atom. The number of rotatable bonds is 3. The van der Waals surface area contributed by atoms with Crippen LogP contribution in [0.1, 0.15) is 11.1 Å². The predicted molar refractivity (Wildman–Crippen MR) is 54.7 cm³/mol. The quantitative estimate of drug-likeness (QED) is 0.713. The highest BCUT2D eigenvalue weighted by atomic mass is 35.5. The Hall–Kier alpha value is -0.770. The fraction of sp³-hybridized carbons (Fsp3) is 0.400. The number of aryl methyl sites for hydroxylation is 1. The van der Waals surface area contributed by atoms with E-state index < -0.39 is 6.10 Å². The van der Waals surface area contributed by atoms with Crippen molar-refractivity contribution in [3.05, 3.63) is 28.3 Å². The Balaban J connectivity index is 2.96. The summed E-state index contributed by atoms with van der Waals surface area (Å²) < 4.78 is 0. The van der Waals surface area contributed by atoms with Crippen LogP contribution in [-0.2, 0) is 6.42 Å². The molecule has 4 heteroatoms. The van der Waals surface area contributed by atoms with Gasteiger partial charge >= 0.3 is 0 Å². The molecule has 0 aromatic heterocycles. The Bertz CT molecular complexity index is 325. The van der Waals surface area contributed by atoms with E-state index in [0.717, 1.165) is 0 Å². The third-order valence-electron chi connectivity index (χ3n) is 2.01. The summed E-state index contributed by atoms with van der Waals surface area (Å²) in [6.45, 7) is 1.40. The van der Waals surface area contributed by atoms with E-state index in [4.69, 9.17) is 16.7 Å². The summed E-state index contributed by atoms with van der Waals surface area (Å²) in [4.78, 5) is 0. The normalized spacial score (nSPS) is 12.9. The first-order chi connectivity index (χ1) is 6.54. The highest BCUT2D eigenvalue weighted by Gasteiger charge is 2.10. The third-order valence-corrected chi connectivity index (χ3v) is 2.23. The molecule has 0 aliphatic carbocycles. The molecule has 0 fully saturated rings. The lowest BCUT2D eigenvalue weighted by atomic mass is 10.0. The van der Waals surface area contributed by atoms with E-state index >= 15 is 0 Å². The topological polar surface area (TPSA) is 60.7 Å². The summed E-state index contributed by atoms with van der Waals surface area (Å²) in [7, 11) is 0. The monoisotopic (exact) mass is 216 g/mol. The van der Waals surface area contributed by atoms with E-state index in [1.165, 1.54) is 0 Å². The molecule has 0 aliphatic heterocycles. The van der Waals surface area contributed by atoms with Crippen molar-refractivity contribution in [2.24, 2.45) is 0 Å². The fourth-order valence-electron chi connectivity index (χ4n) is 1.28. The average Bonchev–Trinajstić information content (AvgIpc) is 2.13. The van der Waals surface area contributed by atoms with Gasteiger partial charge in [-0.05, 0) is 30.2 Å². The van der Waals surface area contributed by atoms with Crippen molar-refractivity contribution in [2.45, 2.75) is 19.4 Å². The van der Waals surface area contributed by atoms with E-state index in [2.05, 4.69) is 0 Å². The predicted octanol–water partition coefficient (Wildman–Crippen LogP) is 1.25. The van der Waals surface area contributed by atoms with Crippen LogP contribution in [-0.4, -0.2) is 28.0 Å². The van der Waals surface area contributed by atoms with Gasteiger partial charge in [0.05, 0.1) is 12.7 Å². The van der Waals surface area contributed by atoms with Gasteiger partial charge in [0.25, 0.3) is 0 Å². The summed E-state index contributed by atoms with van der Waals surface area (Å²) in [5.41, 5.74) is 1.22. The molecule has 0 spiro atoms. The molecular weight excluding hydrogens is 204 g/mol. The van der Waals surface area contributed by atoms with Crippen LogP contribution in [0.2, 0.25) is 5.02 Å². The van der Waals surface area contributed by atoms with E-state index in [9.17, 15) is 10.2 Å². The van der Waals surface area contributed by atoms with Gasteiger partial charge < -0.3 is 15.3 Å². The summed E-state index contributed by atoms with van der Waals surface area (Å²) >= 11 is 5.79. The minimum Gasteiger partial charge on any atom is -0.507 e. The second-order valence-corrected chi connectivity index (χ2v) is 3.71. The van der Waals surface area contributed by atoms with E-state index in [1.54, 1.807) is 19.1 Å². The molecule has 14 heavy (non-hydrogen) atoms. The van der Waals surface area contributed by atoms with Crippen LogP contribution in [0.4, 0.5) is 0 Å². The van der Waals surface area contributed by atoms with Crippen molar-refractivity contribution in [1.82, 2.24) is 0 Å². The fourth-order valence-corrected chi connectivity index (χ4v) is 1.57. The van der Waals surface area contributed by atoms with Gasteiger partial charge in [-0.3, -0.25) is 0 Å². The lowest BCUT2D eigenvalue weighted by Gasteiger charge is -2.11. The molecule has 0 saturated heterocycles. The molecule has 0 bridgehead atoms. The van der Waals surface area contributed by atoms with Crippen LogP contribution in [0.25, 0.3) is 0 Å². The van der Waals surface area contributed by atoms with Gasteiger partial charge in [0.2, 0.25) is 0 Å². The summed E-state index contributed by atoms with van der Waals surface area (Å²) in [6, 6.07) is 3.23. The second-order valence-electron chi connectivity index (χ2n) is 3.27. The molecule has 0 radical (unpaired) electrons. The zero-order valence-electron chi connectivity index (χ0n) is 7.87. The summed E-state index contributed by atoms with van der Waals surface area (Å²) in [5.74, 6) is 0.127. The van der Waals surface area contributed by atoms with Crippen molar-refractivity contribution >= 4 is 11.6 Å². The first-order valence-electron chi connectivity index (χ1n) is 4.31. The van der Waals surface area contributed by atoms with Gasteiger partial charge in [-0.15, -0.1) is 0 Å². The highest BCUT2D eigenvalue weighted by Crippen LogP contribution is 2.27. The molecular formula is C10H13ClO3. The lowest BCUT2D eigenvalue weighted by molar-refractivity contribution is 0.0950. The Labute approximate surface area is 87.6 Å². The number of phenolic OH excluding ortho intramolecular Hbond substituents is 1. The number of benzene rings is 1. The minimum atomic E-state index is -0.862. The van der Waals surface area contributed by atoms with Gasteiger partial charge in [-0.1, -0.05) is 11.6 Å². The maximum atomic E-state index is 9.62. The molecule has 0 aliphatic rings. The van der Waals surface area contributed by atoms with Crippen LogP contribution in [0.5, 0.6) is 5.75 Å². The average molecular weight is 217 g/mol. The zero-order valence-corrected chi connectivity index (χ0v) is 8.62. The molecule has 1 atom stereocenters. The smallest absolute Gasteiger partial charge is 0.121 e. The molecule has 0 heterocycles. The van der Waals surface area contributed by atoms with Crippen molar-refractivity contribution in [3.8, 4) is 5.75 Å². The lowest BCUT2D eigenvalue weighted by Crippen LogP contribution is -2.15. The van der Waals surface area contributed by atoms with E-state index in [-0.39, 0.29) is 18.8 Å². The molecule has 0 saturated carbocycles. The van der Waals surface area contributed by atoms with Crippen LogP contribution in [0.15, 0.2) is 12.1 Å². The Morgan fingerprint density at radius 1 is 1.43 bits per heavy atom. The second kappa shape index (κ2) is 4.64. The number of hydrogen-bond acceptors (Lipinski definition) is 3. The molecule has 1 aromatic carbocycles. The number of phenols is 1. The van der Waals surface area contributed by atoms with Crippen LogP contribution < -0.4 is 0 Å². The number of hydrogen-bond donors (Lipinski definition) is 3. The molecule has 1 aromatic rings. The Morgan fingerprint density at radius 3 is 2.64 bits per heavy atom. The first kappa shape index (κ1) is 11.3. The standard InChI is InChI=1S/C10H13ClO3/c1-6-2-8(11)3-7(10(6)14)4-9(13)5-12/h2-3,9,12-14H,4-5H2,1H3. The molecule has 1 rings (SSSR count). The van der Waals surface area contributed by atoms with Gasteiger partial charge in [0.15, 0.2) is 0 Å². The van der Waals surface area contributed by atoms with E-state index in [0.29, 0.717) is 16.1 Å². The molecule has 78 valence electrons. The van der Waals surface area contributed by atoms with Crippen molar-refractivity contribution < 1.29 is 15.3 Å². The maximum Gasteiger partial charge on any atom is 0.121 e. The molecule has 3 nitrogen and oxygen atoms in total. The van der Waals surface area contributed by atoms with Crippen LogP contribution >= 0.6 is 11.6 Å². The third kappa shape index (κ3) is 2.61. The zero-order chi connectivity index (χ0) is 10.7. The van der Waals surface area contributed by atoms with Crippen molar-refractivity contribution in [3.63, 3.8) is 0 Å². The number of aromatic hydroxyl groups is 1. The summed E-state index contributed by atoms with van der Waals surface area (Å²) in [6.07, 6.45) is -0.664. The van der Waals surface area contributed by atoms with Crippen molar-refractivity contribution in [2.75, 3.05) is 6.61 Å². The maximum absolute atomic E-state index is 9.62. The van der Waals surface area contributed by atoms with Crippen LogP contribution in [0, 0.1) is 6.92 Å². The van der Waals surface area contributed by atoms with Gasteiger partial charge in [-0.25, -0.2) is 0 Å². The van der Waals surface area contributed by atoms with Gasteiger partial charge in [0, 0.05) is 11.4 Å². The Kier molecular flexibility index (Phi) is 3.75. The molecule has 1 unspecified atom stereocenters. The van der Waals surface area contributed by atoms with Crippen LogP contribution in [0.3, 0.4) is 0 Å². The highest BCUT2D eigenvalue weighted by molar-refractivity contribution is 6.30. The summed E-state index contributed by atoms with van der Waals surface area (Å²) in [5, 5.41) is 28.0. The molecule has 0 amide bonds. The number of aliphatic hydroxyl groups excluding tert-OH is 2. The van der Waals surface area contributed by atoms with Crippen molar-refractivity contribution in [1.29, 1.82) is 0 Å². The number of halogens is 1. The van der Waals surface area contributed by atoms with E-state index in [1.807, 2.05) is 0 Å². The largest absolute Gasteiger partial charge is 0.507 e. The minimum absolute atomic E-state index is 0.127.